The molecule has 2 aliphatic rings. The Bertz CT molecular complexity index is 1100. The molecular weight excluding hydrogens is 378 g/mol. The van der Waals surface area contributed by atoms with Crippen molar-refractivity contribution in [1.29, 1.82) is 0 Å². The Hall–Kier alpha value is -2.71. The molecule has 0 spiro atoms. The van der Waals surface area contributed by atoms with E-state index in [0.717, 1.165) is 10.5 Å². The lowest BCUT2D eigenvalue weighted by molar-refractivity contribution is -0.0507. The number of fused-ring (bicyclic) bond motifs is 9. The van der Waals surface area contributed by atoms with Crippen LogP contribution in [0.25, 0.3) is 11.0 Å². The maximum Gasteiger partial charge on any atom is 0.387 e. The number of aromatic nitrogens is 2. The van der Waals surface area contributed by atoms with E-state index < -0.39 is 24.6 Å². The van der Waals surface area contributed by atoms with Crippen molar-refractivity contribution in [2.75, 3.05) is 0 Å². The number of ether oxygens (including phenoxy) is 1. The van der Waals surface area contributed by atoms with E-state index in [1.165, 1.54) is 12.1 Å². The van der Waals surface area contributed by atoms with Crippen molar-refractivity contribution >= 4 is 28.5 Å². The van der Waals surface area contributed by atoms with Gasteiger partial charge in [-0.2, -0.15) is 8.78 Å². The molecule has 6 nitrogen and oxygen atoms in total. The molecule has 0 aliphatic carbocycles. The van der Waals surface area contributed by atoms with Crippen molar-refractivity contribution in [3.63, 3.8) is 0 Å². The number of benzene rings is 2. The summed E-state index contributed by atoms with van der Waals surface area (Å²) in [7, 11) is 0. The summed E-state index contributed by atoms with van der Waals surface area (Å²) < 4.78 is 32.6. The van der Waals surface area contributed by atoms with Gasteiger partial charge in [-0.3, -0.25) is 9.80 Å². The topological polar surface area (TPSA) is 73.4 Å². The van der Waals surface area contributed by atoms with Crippen LogP contribution in [-0.2, 0) is 0 Å². The summed E-state index contributed by atoms with van der Waals surface area (Å²) in [6, 6.07) is 8.89. The molecule has 2 N–H and O–H groups in total. The van der Waals surface area contributed by atoms with E-state index in [1.807, 2.05) is 4.57 Å². The van der Waals surface area contributed by atoms with Crippen molar-refractivity contribution in [2.24, 2.45) is 5.84 Å². The lowest BCUT2D eigenvalue weighted by atomic mass is 9.97. The average Bonchev–Trinajstić information content (AvgIpc) is 3.14. The monoisotopic (exact) mass is 390 g/mol. The zero-order chi connectivity index (χ0) is 18.9. The lowest BCUT2D eigenvalue weighted by Crippen LogP contribution is -2.40. The fraction of sp³-hybridized carbons (Fsp3) is 0.222. The summed E-state index contributed by atoms with van der Waals surface area (Å²) in [5.41, 5.74) is 2.09. The largest absolute Gasteiger partial charge is 0.434 e. The van der Waals surface area contributed by atoms with E-state index in [0.29, 0.717) is 28.3 Å². The van der Waals surface area contributed by atoms with Gasteiger partial charge < -0.3 is 9.30 Å². The van der Waals surface area contributed by atoms with Gasteiger partial charge in [0, 0.05) is 22.6 Å². The number of rotatable bonds is 2. The van der Waals surface area contributed by atoms with Crippen molar-refractivity contribution in [3.8, 4) is 5.75 Å². The molecular formula is C18H13ClF2N4O2. The Balaban J connectivity index is 1.82. The summed E-state index contributed by atoms with van der Waals surface area (Å²) in [5.74, 6) is 6.22. The van der Waals surface area contributed by atoms with Gasteiger partial charge in [0.15, 0.2) is 0 Å². The second-order valence-electron chi connectivity index (χ2n) is 6.55. The number of hydrogen-bond donors (Lipinski definition) is 1. The van der Waals surface area contributed by atoms with Gasteiger partial charge in [0.1, 0.15) is 17.6 Å². The molecule has 138 valence electrons. The van der Waals surface area contributed by atoms with Crippen LogP contribution in [0.1, 0.15) is 40.3 Å². The molecule has 0 radical (unpaired) electrons. The SMILES string of the molecule is NN1C(=O)c2cccc(OC(F)F)c2[C@H]2C[C@@H]1c1nc3ccc(Cl)cc3n12. The number of hydrazine groups is 1. The van der Waals surface area contributed by atoms with E-state index in [-0.39, 0.29) is 11.3 Å². The smallest absolute Gasteiger partial charge is 0.387 e. The summed E-state index contributed by atoms with van der Waals surface area (Å²) in [6.45, 7) is -3.01. The number of imidazole rings is 1. The molecule has 2 aromatic carbocycles. The zero-order valence-electron chi connectivity index (χ0n) is 13.8. The van der Waals surface area contributed by atoms with Crippen molar-refractivity contribution < 1.29 is 18.3 Å². The van der Waals surface area contributed by atoms with Crippen molar-refractivity contribution in [3.05, 3.63) is 58.4 Å². The first-order valence-corrected chi connectivity index (χ1v) is 8.67. The summed E-state index contributed by atoms with van der Waals surface area (Å²) in [4.78, 5) is 17.5. The molecule has 1 amide bonds. The van der Waals surface area contributed by atoms with Gasteiger partial charge in [0.05, 0.1) is 17.1 Å². The van der Waals surface area contributed by atoms with Gasteiger partial charge >= 0.3 is 6.61 Å². The highest BCUT2D eigenvalue weighted by atomic mass is 35.5. The molecule has 9 heteroatoms. The molecule has 2 atom stereocenters. The molecule has 27 heavy (non-hydrogen) atoms. The van der Waals surface area contributed by atoms with Crippen LogP contribution in [0.15, 0.2) is 36.4 Å². The van der Waals surface area contributed by atoms with Gasteiger partial charge in [-0.15, -0.1) is 0 Å². The number of halogens is 3. The fourth-order valence-electron chi connectivity index (χ4n) is 4.11. The summed E-state index contributed by atoms with van der Waals surface area (Å²) >= 11 is 6.15. The van der Waals surface area contributed by atoms with E-state index in [2.05, 4.69) is 4.98 Å². The molecule has 0 saturated carbocycles. The Labute approximate surface area is 157 Å². The predicted molar refractivity (Wildman–Crippen MR) is 93.7 cm³/mol. The number of nitrogens with two attached hydrogens (primary N) is 1. The molecule has 2 bridgehead atoms. The minimum atomic E-state index is -3.01. The molecule has 2 aliphatic heterocycles. The molecule has 5 rings (SSSR count). The third kappa shape index (κ3) is 2.26. The Morgan fingerprint density at radius 1 is 1.26 bits per heavy atom. The Kier molecular flexibility index (Phi) is 3.44. The molecule has 1 aromatic heterocycles. The molecule has 3 heterocycles. The first-order chi connectivity index (χ1) is 13.0. The first-order valence-electron chi connectivity index (χ1n) is 8.29. The first kappa shape index (κ1) is 16.5. The molecule has 0 saturated heterocycles. The third-order valence-corrected chi connectivity index (χ3v) is 5.39. The second kappa shape index (κ2) is 5.64. The molecule has 0 fully saturated rings. The summed E-state index contributed by atoms with van der Waals surface area (Å²) in [5, 5.41) is 1.65. The van der Waals surface area contributed by atoms with Crippen LogP contribution in [0.4, 0.5) is 8.78 Å². The van der Waals surface area contributed by atoms with Gasteiger partial charge in [-0.05, 0) is 30.3 Å². The van der Waals surface area contributed by atoms with E-state index >= 15 is 0 Å². The predicted octanol–water partition coefficient (Wildman–Crippen LogP) is 3.65. The molecule has 0 unspecified atom stereocenters. The summed E-state index contributed by atoms with van der Waals surface area (Å²) in [6.07, 6.45) is 0.420. The van der Waals surface area contributed by atoms with Gasteiger partial charge in [0.2, 0.25) is 0 Å². The van der Waals surface area contributed by atoms with Gasteiger partial charge in [-0.1, -0.05) is 17.7 Å². The highest BCUT2D eigenvalue weighted by molar-refractivity contribution is 6.31. The minimum Gasteiger partial charge on any atom is -0.434 e. The van der Waals surface area contributed by atoms with Gasteiger partial charge in [0.25, 0.3) is 5.91 Å². The normalized spacial score (nSPS) is 20.8. The highest BCUT2D eigenvalue weighted by Gasteiger charge is 2.45. The fourth-order valence-corrected chi connectivity index (χ4v) is 4.27. The lowest BCUT2D eigenvalue weighted by Gasteiger charge is -2.24. The van der Waals surface area contributed by atoms with E-state index in [9.17, 15) is 13.6 Å². The average molecular weight is 391 g/mol. The van der Waals surface area contributed by atoms with Crippen LogP contribution in [0.2, 0.25) is 5.02 Å². The quantitative estimate of drug-likeness (QED) is 0.535. The number of carbonyl (C=O) groups is 1. The Morgan fingerprint density at radius 3 is 2.85 bits per heavy atom. The van der Waals surface area contributed by atoms with Crippen LogP contribution in [0, 0.1) is 0 Å². The van der Waals surface area contributed by atoms with Crippen molar-refractivity contribution in [1.82, 2.24) is 14.6 Å². The molecule has 3 aromatic rings. The van der Waals surface area contributed by atoms with Crippen LogP contribution >= 0.6 is 11.6 Å². The van der Waals surface area contributed by atoms with Crippen LogP contribution < -0.4 is 10.6 Å². The van der Waals surface area contributed by atoms with Crippen molar-refractivity contribution in [2.45, 2.75) is 25.1 Å². The third-order valence-electron chi connectivity index (χ3n) is 5.15. The van der Waals surface area contributed by atoms with Gasteiger partial charge in [-0.25, -0.2) is 10.8 Å². The number of alkyl halides is 2. The number of hydrogen-bond acceptors (Lipinski definition) is 4. The zero-order valence-corrected chi connectivity index (χ0v) is 14.5. The van der Waals surface area contributed by atoms with Crippen LogP contribution in [-0.4, -0.2) is 27.1 Å². The number of carbonyl (C=O) groups excluding carboxylic acids is 1. The highest BCUT2D eigenvalue weighted by Crippen LogP contribution is 2.49. The van der Waals surface area contributed by atoms with E-state index in [4.69, 9.17) is 22.2 Å². The maximum atomic E-state index is 13.0. The standard InChI is InChI=1S/C18H13ClF2N4O2/c19-8-4-5-10-11(6-8)24-12-7-13(16(24)23-10)25(22)17(26)9-2-1-3-14(15(9)12)27-18(20)21/h1-6,12-13,18H,7,22H2/t12-,13-/m1/s1. The maximum absolute atomic E-state index is 13.0. The van der Waals surface area contributed by atoms with E-state index in [1.54, 1.807) is 24.3 Å². The second-order valence-corrected chi connectivity index (χ2v) is 6.99. The Morgan fingerprint density at radius 2 is 2.07 bits per heavy atom. The number of amides is 1. The minimum absolute atomic E-state index is 0.0355. The van der Waals surface area contributed by atoms with Crippen LogP contribution in [0.3, 0.4) is 0 Å². The van der Waals surface area contributed by atoms with Crippen LogP contribution in [0.5, 0.6) is 5.75 Å². The number of nitrogens with zero attached hydrogens (tertiary/aromatic N) is 3.